The van der Waals surface area contributed by atoms with Gasteiger partial charge in [-0.1, -0.05) is 13.0 Å². The maximum absolute atomic E-state index is 6.07. The van der Waals surface area contributed by atoms with Crippen molar-refractivity contribution in [3.05, 3.63) is 36.4 Å². The zero-order valence-corrected chi connectivity index (χ0v) is 13.4. The molecule has 0 saturated carbocycles. The molecule has 118 valence electrons. The van der Waals surface area contributed by atoms with Crippen molar-refractivity contribution in [1.82, 2.24) is 0 Å². The molecule has 0 amide bonds. The smallest absolute Gasteiger partial charge is 0.122 e. The van der Waals surface area contributed by atoms with Crippen LogP contribution in [0.1, 0.15) is 44.6 Å². The molecular formula is C18H29NO2. The number of benzene rings is 1. The Morgan fingerprint density at radius 1 is 1.29 bits per heavy atom. The van der Waals surface area contributed by atoms with Crippen LogP contribution in [-0.4, -0.2) is 19.8 Å². The van der Waals surface area contributed by atoms with Crippen molar-refractivity contribution in [3.8, 4) is 11.5 Å². The van der Waals surface area contributed by atoms with E-state index in [1.54, 1.807) is 7.11 Å². The highest BCUT2D eigenvalue weighted by molar-refractivity contribution is 5.40. The predicted octanol–water partition coefficient (Wildman–Crippen LogP) is 4.10. The lowest BCUT2D eigenvalue weighted by Gasteiger charge is -2.15. The highest BCUT2D eigenvalue weighted by Crippen LogP contribution is 2.26. The molecule has 0 aliphatic heterocycles. The first-order chi connectivity index (χ1) is 10.2. The Bertz CT molecular complexity index is 418. The first-order valence-corrected chi connectivity index (χ1v) is 7.87. The van der Waals surface area contributed by atoms with Gasteiger partial charge in [0.1, 0.15) is 11.5 Å². The third kappa shape index (κ3) is 6.67. The predicted molar refractivity (Wildman–Crippen MR) is 89.1 cm³/mol. The molecule has 0 aromatic heterocycles. The minimum atomic E-state index is 0.159. The quantitative estimate of drug-likeness (QED) is 0.493. The van der Waals surface area contributed by atoms with E-state index in [0.29, 0.717) is 0 Å². The third-order valence-corrected chi connectivity index (χ3v) is 3.58. The van der Waals surface area contributed by atoms with E-state index in [1.165, 1.54) is 12.8 Å². The van der Waals surface area contributed by atoms with Crippen LogP contribution in [-0.2, 0) is 6.42 Å². The number of methoxy groups -OCH3 is 1. The largest absolute Gasteiger partial charge is 0.497 e. The minimum absolute atomic E-state index is 0.159. The maximum Gasteiger partial charge on any atom is 0.122 e. The van der Waals surface area contributed by atoms with Gasteiger partial charge in [-0.2, -0.15) is 0 Å². The summed E-state index contributed by atoms with van der Waals surface area (Å²) in [5, 5.41) is 0. The molecule has 0 spiro atoms. The van der Waals surface area contributed by atoms with Gasteiger partial charge in [-0.3, -0.25) is 0 Å². The summed E-state index contributed by atoms with van der Waals surface area (Å²) >= 11 is 0. The lowest BCUT2D eigenvalue weighted by molar-refractivity contribution is 0.301. The Morgan fingerprint density at radius 2 is 2.10 bits per heavy atom. The van der Waals surface area contributed by atoms with Gasteiger partial charge in [-0.05, 0) is 62.3 Å². The number of rotatable bonds is 11. The van der Waals surface area contributed by atoms with E-state index in [2.05, 4.69) is 13.5 Å². The standard InChI is InChI=1S/C18H29NO2/c1-4-6-7-8-9-12-21-18-11-10-17(20-3)14-15(18)13-16(19)5-2/h4,10-11,14,16H,1,5-9,12-13,19H2,2-3H3. The van der Waals surface area contributed by atoms with Gasteiger partial charge in [0.25, 0.3) is 0 Å². The summed E-state index contributed by atoms with van der Waals surface area (Å²) in [6.45, 7) is 6.58. The fourth-order valence-electron chi connectivity index (χ4n) is 2.16. The molecule has 0 radical (unpaired) electrons. The molecule has 1 unspecified atom stereocenters. The average molecular weight is 291 g/mol. The van der Waals surface area contributed by atoms with Crippen LogP contribution in [0.15, 0.2) is 30.9 Å². The first-order valence-electron chi connectivity index (χ1n) is 7.87. The van der Waals surface area contributed by atoms with Gasteiger partial charge in [0, 0.05) is 6.04 Å². The van der Waals surface area contributed by atoms with Crippen molar-refractivity contribution < 1.29 is 9.47 Å². The van der Waals surface area contributed by atoms with E-state index in [1.807, 2.05) is 24.3 Å². The van der Waals surface area contributed by atoms with Crippen LogP contribution in [0, 0.1) is 0 Å². The Morgan fingerprint density at radius 3 is 2.76 bits per heavy atom. The summed E-state index contributed by atoms with van der Waals surface area (Å²) in [6, 6.07) is 6.11. The van der Waals surface area contributed by atoms with Crippen LogP contribution in [0.25, 0.3) is 0 Å². The van der Waals surface area contributed by atoms with Crippen molar-refractivity contribution in [3.63, 3.8) is 0 Å². The lowest BCUT2D eigenvalue weighted by atomic mass is 10.0. The second kappa shape index (κ2) is 10.3. The van der Waals surface area contributed by atoms with Crippen molar-refractivity contribution in [2.45, 2.75) is 51.5 Å². The van der Waals surface area contributed by atoms with Gasteiger partial charge < -0.3 is 15.2 Å². The van der Waals surface area contributed by atoms with Crippen molar-refractivity contribution in [2.24, 2.45) is 5.73 Å². The zero-order valence-electron chi connectivity index (χ0n) is 13.4. The number of hydrogen-bond acceptors (Lipinski definition) is 3. The van der Waals surface area contributed by atoms with Crippen LogP contribution >= 0.6 is 0 Å². The topological polar surface area (TPSA) is 44.5 Å². The molecule has 0 bridgehead atoms. The van der Waals surface area contributed by atoms with Crippen LogP contribution in [0.4, 0.5) is 0 Å². The fraction of sp³-hybridized carbons (Fsp3) is 0.556. The molecule has 0 fully saturated rings. The van der Waals surface area contributed by atoms with E-state index < -0.39 is 0 Å². The highest BCUT2D eigenvalue weighted by atomic mass is 16.5. The van der Waals surface area contributed by atoms with Gasteiger partial charge in [-0.15, -0.1) is 6.58 Å². The lowest BCUT2D eigenvalue weighted by Crippen LogP contribution is -2.21. The van der Waals surface area contributed by atoms with Gasteiger partial charge in [0.05, 0.1) is 13.7 Å². The number of ether oxygens (including phenoxy) is 2. The minimum Gasteiger partial charge on any atom is -0.497 e. The van der Waals surface area contributed by atoms with Gasteiger partial charge in [0.15, 0.2) is 0 Å². The normalized spacial score (nSPS) is 12.0. The highest BCUT2D eigenvalue weighted by Gasteiger charge is 2.09. The van der Waals surface area contributed by atoms with Crippen molar-refractivity contribution >= 4 is 0 Å². The molecule has 2 N–H and O–H groups in total. The second-order valence-electron chi connectivity index (χ2n) is 5.33. The van der Waals surface area contributed by atoms with Crippen molar-refractivity contribution in [1.29, 1.82) is 0 Å². The molecule has 1 aromatic carbocycles. The molecule has 1 aromatic rings. The summed E-state index contributed by atoms with van der Waals surface area (Å²) in [6.07, 6.45) is 8.25. The fourth-order valence-corrected chi connectivity index (χ4v) is 2.16. The average Bonchev–Trinajstić information content (AvgIpc) is 2.51. The summed E-state index contributed by atoms with van der Waals surface area (Å²) in [7, 11) is 1.68. The van der Waals surface area contributed by atoms with Crippen LogP contribution in [0.3, 0.4) is 0 Å². The van der Waals surface area contributed by atoms with E-state index in [-0.39, 0.29) is 6.04 Å². The molecule has 0 aliphatic rings. The monoisotopic (exact) mass is 291 g/mol. The van der Waals surface area contributed by atoms with E-state index in [9.17, 15) is 0 Å². The number of nitrogens with two attached hydrogens (primary N) is 1. The van der Waals surface area contributed by atoms with Gasteiger partial charge in [0.2, 0.25) is 0 Å². The van der Waals surface area contributed by atoms with Crippen LogP contribution < -0.4 is 15.2 Å². The molecule has 0 saturated heterocycles. The Labute approximate surface area is 129 Å². The number of allylic oxidation sites excluding steroid dienone is 1. The molecule has 0 heterocycles. The van der Waals surface area contributed by atoms with Crippen molar-refractivity contribution in [2.75, 3.05) is 13.7 Å². The zero-order chi connectivity index (χ0) is 15.5. The summed E-state index contributed by atoms with van der Waals surface area (Å²) in [4.78, 5) is 0. The third-order valence-electron chi connectivity index (χ3n) is 3.58. The van der Waals surface area contributed by atoms with Gasteiger partial charge >= 0.3 is 0 Å². The summed E-state index contributed by atoms with van der Waals surface area (Å²) in [5.74, 6) is 1.79. The molecule has 1 atom stereocenters. The second-order valence-corrected chi connectivity index (χ2v) is 5.33. The molecular weight excluding hydrogens is 262 g/mol. The van der Waals surface area contributed by atoms with E-state index >= 15 is 0 Å². The number of unbranched alkanes of at least 4 members (excludes halogenated alkanes) is 3. The Kier molecular flexibility index (Phi) is 8.60. The maximum atomic E-state index is 6.07. The van der Waals surface area contributed by atoms with Gasteiger partial charge in [-0.25, -0.2) is 0 Å². The summed E-state index contributed by atoms with van der Waals surface area (Å²) < 4.78 is 11.2. The number of hydrogen-bond donors (Lipinski definition) is 1. The molecule has 0 aliphatic carbocycles. The Balaban J connectivity index is 2.56. The molecule has 21 heavy (non-hydrogen) atoms. The van der Waals surface area contributed by atoms with Crippen LogP contribution in [0.2, 0.25) is 0 Å². The molecule has 1 rings (SSSR count). The van der Waals surface area contributed by atoms with E-state index in [4.69, 9.17) is 15.2 Å². The first kappa shape index (κ1) is 17.6. The molecule has 3 heteroatoms. The van der Waals surface area contributed by atoms with Crippen LogP contribution in [0.5, 0.6) is 11.5 Å². The SMILES string of the molecule is C=CCCCCCOc1ccc(OC)cc1CC(N)CC. The van der Waals surface area contributed by atoms with E-state index in [0.717, 1.165) is 49.4 Å². The molecule has 3 nitrogen and oxygen atoms in total. The Hall–Kier alpha value is -1.48. The summed E-state index contributed by atoms with van der Waals surface area (Å²) in [5.41, 5.74) is 7.20.